The van der Waals surface area contributed by atoms with Gasteiger partial charge in [0.1, 0.15) is 11.6 Å². The third-order valence-corrected chi connectivity index (χ3v) is 4.38. The van der Waals surface area contributed by atoms with Gasteiger partial charge in [-0.2, -0.15) is 4.52 Å². The highest BCUT2D eigenvalue weighted by molar-refractivity contribution is 6.31. The van der Waals surface area contributed by atoms with Crippen molar-refractivity contribution in [2.45, 2.75) is 25.3 Å². The quantitative estimate of drug-likeness (QED) is 0.735. The summed E-state index contributed by atoms with van der Waals surface area (Å²) in [6.45, 7) is 0.540. The Bertz CT molecular complexity index is 874. The van der Waals surface area contributed by atoms with Gasteiger partial charge in [0.05, 0.1) is 0 Å². The van der Waals surface area contributed by atoms with E-state index in [1.165, 1.54) is 12.1 Å². The number of aromatic nitrogens is 4. The molecule has 1 aliphatic rings. The molecule has 2 heterocycles. The maximum Gasteiger partial charge on any atom is 0.178 e. The van der Waals surface area contributed by atoms with E-state index in [9.17, 15) is 4.39 Å². The summed E-state index contributed by atoms with van der Waals surface area (Å²) in [5.74, 6) is 1.86. The van der Waals surface area contributed by atoms with E-state index in [2.05, 4.69) is 15.3 Å². The van der Waals surface area contributed by atoms with Gasteiger partial charge in [-0.05, 0) is 42.7 Å². The van der Waals surface area contributed by atoms with Crippen molar-refractivity contribution in [2.24, 2.45) is 0 Å². The maximum absolute atomic E-state index is 13.1. The second-order valence-electron chi connectivity index (χ2n) is 5.89. The first-order valence-corrected chi connectivity index (χ1v) is 7.87. The fourth-order valence-corrected chi connectivity index (χ4v) is 2.81. The highest BCUT2D eigenvalue weighted by atomic mass is 35.5. The van der Waals surface area contributed by atoms with Gasteiger partial charge in [0.25, 0.3) is 0 Å². The fourth-order valence-electron chi connectivity index (χ4n) is 2.58. The van der Waals surface area contributed by atoms with Crippen LogP contribution >= 0.6 is 11.6 Å². The monoisotopic (exact) mass is 331 g/mol. The molecule has 0 N–H and O–H groups in total. The lowest BCUT2D eigenvalue weighted by atomic mass is 10.2. The molecule has 7 heteroatoms. The Morgan fingerprint density at radius 3 is 2.83 bits per heavy atom. The third-order valence-electron chi connectivity index (χ3n) is 4.03. The van der Waals surface area contributed by atoms with E-state index in [-0.39, 0.29) is 5.82 Å². The van der Waals surface area contributed by atoms with Crippen molar-refractivity contribution in [3.8, 4) is 0 Å². The molecule has 0 bridgehead atoms. The number of benzene rings is 1. The Kier molecular flexibility index (Phi) is 3.41. The summed E-state index contributed by atoms with van der Waals surface area (Å²) in [6, 6.07) is 8.24. The number of rotatable bonds is 4. The zero-order chi connectivity index (χ0) is 16.0. The summed E-state index contributed by atoms with van der Waals surface area (Å²) in [6.07, 6.45) is 2.29. The SMILES string of the molecule is CN(Cc1ccc(F)cc1Cl)c1ccc2nnc(C3CC3)n2n1. The second kappa shape index (κ2) is 5.45. The lowest BCUT2D eigenvalue weighted by Crippen LogP contribution is -2.19. The van der Waals surface area contributed by atoms with E-state index in [0.717, 1.165) is 35.7 Å². The van der Waals surface area contributed by atoms with Crippen LogP contribution in [0.25, 0.3) is 5.65 Å². The first-order chi connectivity index (χ1) is 11.1. The lowest BCUT2D eigenvalue weighted by molar-refractivity contribution is 0.627. The van der Waals surface area contributed by atoms with E-state index >= 15 is 0 Å². The molecule has 2 aromatic heterocycles. The van der Waals surface area contributed by atoms with Crippen LogP contribution in [0.15, 0.2) is 30.3 Å². The molecule has 3 aromatic rings. The predicted octanol–water partition coefficient (Wildman–Crippen LogP) is 3.43. The summed E-state index contributed by atoms with van der Waals surface area (Å²) >= 11 is 6.10. The number of hydrogen-bond acceptors (Lipinski definition) is 4. The van der Waals surface area contributed by atoms with Crippen LogP contribution in [0.2, 0.25) is 5.02 Å². The molecule has 5 nitrogen and oxygen atoms in total. The van der Waals surface area contributed by atoms with E-state index < -0.39 is 0 Å². The largest absolute Gasteiger partial charge is 0.354 e. The van der Waals surface area contributed by atoms with Gasteiger partial charge in [-0.1, -0.05) is 17.7 Å². The number of anilines is 1. The lowest BCUT2D eigenvalue weighted by Gasteiger charge is -2.19. The molecule has 118 valence electrons. The van der Waals surface area contributed by atoms with Crippen molar-refractivity contribution in [3.63, 3.8) is 0 Å². The standard InChI is InChI=1S/C16H15ClFN5/c1-22(9-11-4-5-12(18)8-13(11)17)15-7-6-14-19-20-16(10-2-3-10)23(14)21-15/h4-8,10H,2-3,9H2,1H3. The fraction of sp³-hybridized carbons (Fsp3) is 0.312. The van der Waals surface area contributed by atoms with Crippen LogP contribution in [0, 0.1) is 5.82 Å². The molecule has 0 spiro atoms. The Morgan fingerprint density at radius 1 is 1.26 bits per heavy atom. The highest BCUT2D eigenvalue weighted by Crippen LogP contribution is 2.38. The van der Waals surface area contributed by atoms with Crippen molar-refractivity contribution in [1.29, 1.82) is 0 Å². The molecule has 0 radical (unpaired) electrons. The normalized spacial score (nSPS) is 14.4. The van der Waals surface area contributed by atoms with E-state index in [0.29, 0.717) is 17.5 Å². The molecule has 0 aliphatic heterocycles. The second-order valence-corrected chi connectivity index (χ2v) is 6.29. The molecule has 0 atom stereocenters. The van der Waals surface area contributed by atoms with Crippen molar-refractivity contribution in [1.82, 2.24) is 19.8 Å². The minimum atomic E-state index is -0.334. The Balaban J connectivity index is 1.63. The Labute approximate surface area is 137 Å². The van der Waals surface area contributed by atoms with Crippen molar-refractivity contribution in [2.75, 3.05) is 11.9 Å². The summed E-state index contributed by atoms with van der Waals surface area (Å²) in [4.78, 5) is 1.97. The smallest absolute Gasteiger partial charge is 0.178 e. The Morgan fingerprint density at radius 2 is 2.09 bits per heavy atom. The molecule has 0 unspecified atom stereocenters. The highest BCUT2D eigenvalue weighted by Gasteiger charge is 2.29. The molecule has 4 rings (SSSR count). The summed E-state index contributed by atoms with van der Waals surface area (Å²) in [5.41, 5.74) is 1.60. The predicted molar refractivity (Wildman–Crippen MR) is 86.3 cm³/mol. The van der Waals surface area contributed by atoms with Gasteiger partial charge >= 0.3 is 0 Å². The van der Waals surface area contributed by atoms with Crippen LogP contribution in [0.3, 0.4) is 0 Å². The van der Waals surface area contributed by atoms with Gasteiger partial charge in [-0.3, -0.25) is 0 Å². The van der Waals surface area contributed by atoms with Crippen LogP contribution in [-0.2, 0) is 6.54 Å². The van der Waals surface area contributed by atoms with Crippen LogP contribution in [0.4, 0.5) is 10.2 Å². The minimum Gasteiger partial charge on any atom is -0.354 e. The minimum absolute atomic E-state index is 0.334. The zero-order valence-electron chi connectivity index (χ0n) is 12.6. The first-order valence-electron chi connectivity index (χ1n) is 7.49. The van der Waals surface area contributed by atoms with Gasteiger partial charge in [-0.15, -0.1) is 15.3 Å². The average Bonchev–Trinajstić information content (AvgIpc) is 3.29. The van der Waals surface area contributed by atoms with Crippen molar-refractivity contribution >= 4 is 23.1 Å². The number of nitrogens with zero attached hydrogens (tertiary/aromatic N) is 5. The Hall–Kier alpha value is -2.21. The average molecular weight is 332 g/mol. The molecule has 0 saturated heterocycles. The van der Waals surface area contributed by atoms with Crippen molar-refractivity contribution in [3.05, 3.63) is 52.6 Å². The molecular weight excluding hydrogens is 317 g/mol. The molecule has 1 saturated carbocycles. The van der Waals surface area contributed by atoms with E-state index in [1.807, 2.05) is 28.6 Å². The molecule has 1 fully saturated rings. The van der Waals surface area contributed by atoms with Crippen LogP contribution in [-0.4, -0.2) is 26.9 Å². The van der Waals surface area contributed by atoms with Gasteiger partial charge < -0.3 is 4.90 Å². The van der Waals surface area contributed by atoms with Crippen molar-refractivity contribution < 1.29 is 4.39 Å². The molecule has 1 aromatic carbocycles. The molecule has 1 aliphatic carbocycles. The van der Waals surface area contributed by atoms with Gasteiger partial charge in [0, 0.05) is 24.5 Å². The van der Waals surface area contributed by atoms with Gasteiger partial charge in [0.15, 0.2) is 11.5 Å². The summed E-state index contributed by atoms with van der Waals surface area (Å²) in [5, 5.41) is 13.4. The van der Waals surface area contributed by atoms with Crippen LogP contribution < -0.4 is 4.90 Å². The maximum atomic E-state index is 13.1. The third kappa shape index (κ3) is 2.74. The van der Waals surface area contributed by atoms with E-state index in [1.54, 1.807) is 6.07 Å². The van der Waals surface area contributed by atoms with Gasteiger partial charge in [-0.25, -0.2) is 4.39 Å². The van der Waals surface area contributed by atoms with Gasteiger partial charge in [0.2, 0.25) is 0 Å². The molecule has 0 amide bonds. The number of halogens is 2. The zero-order valence-corrected chi connectivity index (χ0v) is 13.3. The molecular formula is C16H15ClFN5. The topological polar surface area (TPSA) is 46.3 Å². The van der Waals surface area contributed by atoms with E-state index in [4.69, 9.17) is 11.6 Å². The summed E-state index contributed by atoms with van der Waals surface area (Å²) < 4.78 is 15.0. The van der Waals surface area contributed by atoms with Crippen LogP contribution in [0.1, 0.15) is 30.1 Å². The summed E-state index contributed by atoms with van der Waals surface area (Å²) in [7, 11) is 1.93. The first kappa shape index (κ1) is 14.4. The van der Waals surface area contributed by atoms with Crippen LogP contribution in [0.5, 0.6) is 0 Å². The molecule has 23 heavy (non-hydrogen) atoms. The number of hydrogen-bond donors (Lipinski definition) is 0. The number of fused-ring (bicyclic) bond motifs is 1.